The molecule has 1 aliphatic heterocycles. The zero-order chi connectivity index (χ0) is 13.3. The van der Waals surface area contributed by atoms with Crippen molar-refractivity contribution in [1.82, 2.24) is 14.5 Å². The molecule has 0 bridgehead atoms. The number of aromatic amines is 1. The number of rotatable bonds is 3. The van der Waals surface area contributed by atoms with E-state index in [2.05, 4.69) is 4.98 Å². The molecule has 1 aromatic heterocycles. The molecule has 1 fully saturated rings. The third-order valence-electron chi connectivity index (χ3n) is 2.86. The van der Waals surface area contributed by atoms with Crippen LogP contribution in [0.5, 0.6) is 0 Å². The van der Waals surface area contributed by atoms with Crippen molar-refractivity contribution in [3.05, 3.63) is 33.1 Å². The van der Waals surface area contributed by atoms with Gasteiger partial charge in [0.15, 0.2) is 6.23 Å². The van der Waals surface area contributed by atoms with E-state index in [0.717, 1.165) is 0 Å². The molecule has 0 radical (unpaired) electrons. The highest BCUT2D eigenvalue weighted by Gasteiger charge is 2.35. The van der Waals surface area contributed by atoms with Crippen LogP contribution in [0, 0.1) is 0 Å². The maximum atomic E-state index is 11.6. The van der Waals surface area contributed by atoms with Crippen molar-refractivity contribution in [3.8, 4) is 0 Å². The van der Waals surface area contributed by atoms with Crippen LogP contribution in [-0.4, -0.2) is 52.4 Å². The summed E-state index contributed by atoms with van der Waals surface area (Å²) in [6.07, 6.45) is 0.193. The Hall–Kier alpha value is -1.44. The fourth-order valence-electron chi connectivity index (χ4n) is 2.13. The van der Waals surface area contributed by atoms with Crippen molar-refractivity contribution in [2.24, 2.45) is 0 Å². The summed E-state index contributed by atoms with van der Waals surface area (Å²) in [7, 11) is 3.82. The fourth-order valence-corrected chi connectivity index (χ4v) is 2.13. The van der Waals surface area contributed by atoms with E-state index in [4.69, 9.17) is 4.74 Å². The zero-order valence-corrected chi connectivity index (χ0v) is 10.4. The third-order valence-corrected chi connectivity index (χ3v) is 2.86. The topological polar surface area (TPSA) is 87.6 Å². The van der Waals surface area contributed by atoms with Gasteiger partial charge in [-0.3, -0.25) is 14.3 Å². The van der Waals surface area contributed by atoms with Gasteiger partial charge < -0.3 is 14.7 Å². The number of hydrogen-bond acceptors (Lipinski definition) is 5. The van der Waals surface area contributed by atoms with Crippen LogP contribution in [0.2, 0.25) is 0 Å². The van der Waals surface area contributed by atoms with Gasteiger partial charge in [-0.1, -0.05) is 0 Å². The molecule has 1 aliphatic rings. The van der Waals surface area contributed by atoms with Crippen molar-refractivity contribution < 1.29 is 9.84 Å². The molecule has 1 saturated heterocycles. The van der Waals surface area contributed by atoms with Crippen LogP contribution in [0.4, 0.5) is 0 Å². The number of hydrogen-bond donors (Lipinski definition) is 2. The predicted molar refractivity (Wildman–Crippen MR) is 64.4 cm³/mol. The molecule has 0 unspecified atom stereocenters. The molecule has 3 atom stereocenters. The van der Waals surface area contributed by atoms with Crippen LogP contribution in [0.1, 0.15) is 12.6 Å². The summed E-state index contributed by atoms with van der Waals surface area (Å²) < 4.78 is 6.85. The van der Waals surface area contributed by atoms with Gasteiger partial charge in [0.05, 0.1) is 6.10 Å². The Bertz CT molecular complexity index is 522. The Morgan fingerprint density at radius 3 is 2.89 bits per heavy atom. The molecule has 1 aromatic rings. The first-order valence-corrected chi connectivity index (χ1v) is 5.77. The number of aliphatic hydroxyl groups is 1. The first-order chi connectivity index (χ1) is 8.47. The Balaban J connectivity index is 2.19. The van der Waals surface area contributed by atoms with Crippen molar-refractivity contribution >= 4 is 0 Å². The van der Waals surface area contributed by atoms with Crippen LogP contribution in [-0.2, 0) is 4.74 Å². The predicted octanol–water partition coefficient (Wildman–Crippen LogP) is -1.25. The molecule has 7 heteroatoms. The van der Waals surface area contributed by atoms with Crippen molar-refractivity contribution in [1.29, 1.82) is 0 Å². The second-order valence-electron chi connectivity index (χ2n) is 4.73. The van der Waals surface area contributed by atoms with Crippen LogP contribution >= 0.6 is 0 Å². The molecule has 18 heavy (non-hydrogen) atoms. The number of nitrogens with zero attached hydrogens (tertiary/aromatic N) is 2. The minimum Gasteiger partial charge on any atom is -0.388 e. The molecule has 0 aliphatic carbocycles. The quantitative estimate of drug-likeness (QED) is 0.704. The minimum absolute atomic E-state index is 0.126. The van der Waals surface area contributed by atoms with E-state index in [9.17, 15) is 14.7 Å². The molecule has 0 aromatic carbocycles. The Kier molecular flexibility index (Phi) is 3.65. The molecule has 2 heterocycles. The number of ether oxygens (including phenoxy) is 1. The monoisotopic (exact) mass is 255 g/mol. The van der Waals surface area contributed by atoms with Crippen molar-refractivity contribution in [2.45, 2.75) is 24.9 Å². The highest BCUT2D eigenvalue weighted by Crippen LogP contribution is 2.27. The number of H-pyrrole nitrogens is 1. The largest absolute Gasteiger partial charge is 0.388 e. The number of aliphatic hydroxyl groups excluding tert-OH is 1. The van der Waals surface area contributed by atoms with Crippen LogP contribution in [0.15, 0.2) is 21.9 Å². The smallest absolute Gasteiger partial charge is 0.330 e. The average Bonchev–Trinajstić information content (AvgIpc) is 2.58. The Labute approximate surface area is 104 Å². The van der Waals surface area contributed by atoms with E-state index >= 15 is 0 Å². The van der Waals surface area contributed by atoms with Crippen LogP contribution in [0.3, 0.4) is 0 Å². The number of likely N-dealkylation sites (N-methyl/N-ethyl adjacent to an activating group) is 1. The van der Waals surface area contributed by atoms with Gasteiger partial charge in [0.25, 0.3) is 5.56 Å². The standard InChI is InChI=1S/C11H17N3O4/c1-13(2)6-7-5-8(15)10(18-7)14-4-3-9(16)12-11(14)17/h3-4,7-8,10,15H,5-6H2,1-2H3,(H,12,16,17)/t7-,8+,10+/m0/s1. The van der Waals surface area contributed by atoms with E-state index in [1.165, 1.54) is 16.8 Å². The highest BCUT2D eigenvalue weighted by atomic mass is 16.5. The van der Waals surface area contributed by atoms with E-state index < -0.39 is 23.6 Å². The zero-order valence-electron chi connectivity index (χ0n) is 10.4. The van der Waals surface area contributed by atoms with Crippen LogP contribution < -0.4 is 11.2 Å². The lowest BCUT2D eigenvalue weighted by atomic mass is 10.2. The Morgan fingerprint density at radius 2 is 2.28 bits per heavy atom. The van der Waals surface area contributed by atoms with E-state index in [0.29, 0.717) is 13.0 Å². The third kappa shape index (κ3) is 2.69. The van der Waals surface area contributed by atoms with E-state index in [-0.39, 0.29) is 6.10 Å². The molecule has 0 spiro atoms. The maximum Gasteiger partial charge on any atom is 0.330 e. The van der Waals surface area contributed by atoms with Gasteiger partial charge in [-0.05, 0) is 14.1 Å². The van der Waals surface area contributed by atoms with E-state index in [1.54, 1.807) is 0 Å². The average molecular weight is 255 g/mol. The van der Waals surface area contributed by atoms with Gasteiger partial charge in [0, 0.05) is 25.2 Å². The molecule has 0 amide bonds. The maximum absolute atomic E-state index is 11.6. The van der Waals surface area contributed by atoms with Gasteiger partial charge in [-0.25, -0.2) is 4.79 Å². The first-order valence-electron chi connectivity index (χ1n) is 5.77. The minimum atomic E-state index is -0.751. The lowest BCUT2D eigenvalue weighted by Gasteiger charge is -2.18. The van der Waals surface area contributed by atoms with Gasteiger partial charge in [0.2, 0.25) is 0 Å². The summed E-state index contributed by atoms with van der Waals surface area (Å²) >= 11 is 0. The second-order valence-corrected chi connectivity index (χ2v) is 4.73. The molecule has 0 saturated carbocycles. The molecule has 2 rings (SSSR count). The lowest BCUT2D eigenvalue weighted by Crippen LogP contribution is -2.35. The van der Waals surface area contributed by atoms with Gasteiger partial charge in [0.1, 0.15) is 6.10 Å². The summed E-state index contributed by atoms with van der Waals surface area (Å²) in [4.78, 5) is 26.7. The summed E-state index contributed by atoms with van der Waals surface area (Å²) in [6, 6.07) is 1.23. The van der Waals surface area contributed by atoms with E-state index in [1.807, 2.05) is 19.0 Å². The summed E-state index contributed by atoms with van der Waals surface area (Å²) in [6.45, 7) is 0.672. The van der Waals surface area contributed by atoms with Gasteiger partial charge >= 0.3 is 5.69 Å². The SMILES string of the molecule is CN(C)C[C@@H]1C[C@@H](O)[C@H](n2ccc(=O)[nH]c2=O)O1. The highest BCUT2D eigenvalue weighted by molar-refractivity contribution is 4.89. The van der Waals surface area contributed by atoms with Crippen LogP contribution in [0.25, 0.3) is 0 Å². The van der Waals surface area contributed by atoms with Gasteiger partial charge in [-0.15, -0.1) is 0 Å². The fraction of sp³-hybridized carbons (Fsp3) is 0.636. The summed E-state index contributed by atoms with van der Waals surface area (Å²) in [5.41, 5.74) is -1.04. The van der Waals surface area contributed by atoms with Crippen molar-refractivity contribution in [2.75, 3.05) is 20.6 Å². The Morgan fingerprint density at radius 1 is 1.56 bits per heavy atom. The molecular formula is C11H17N3O4. The number of nitrogens with one attached hydrogen (secondary N) is 1. The first kappa shape index (κ1) is 13.0. The van der Waals surface area contributed by atoms with Crippen molar-refractivity contribution in [3.63, 3.8) is 0 Å². The molecule has 2 N–H and O–H groups in total. The van der Waals surface area contributed by atoms with Gasteiger partial charge in [-0.2, -0.15) is 0 Å². The lowest BCUT2D eigenvalue weighted by molar-refractivity contribution is -0.0447. The normalized spacial score (nSPS) is 27.9. The molecule has 100 valence electrons. The number of aromatic nitrogens is 2. The summed E-state index contributed by atoms with van der Waals surface area (Å²) in [5.74, 6) is 0. The summed E-state index contributed by atoms with van der Waals surface area (Å²) in [5, 5.41) is 9.92. The second kappa shape index (κ2) is 5.05. The molecular weight excluding hydrogens is 238 g/mol. The molecule has 7 nitrogen and oxygen atoms in total.